The van der Waals surface area contributed by atoms with Gasteiger partial charge in [0, 0.05) is 24.8 Å². The first-order chi connectivity index (χ1) is 15.7. The molecule has 0 aliphatic carbocycles. The highest BCUT2D eigenvalue weighted by molar-refractivity contribution is 5.99. The topological polar surface area (TPSA) is 76.5 Å². The molecule has 7 nitrogen and oxygen atoms in total. The number of likely N-dealkylation sites (N-methyl/N-ethyl adjacent to an activating group) is 1. The highest BCUT2D eigenvalue weighted by atomic mass is 16.5. The first-order valence-electron chi connectivity index (χ1n) is 11.0. The minimum atomic E-state index is -0.669. The van der Waals surface area contributed by atoms with E-state index >= 15 is 0 Å². The van der Waals surface area contributed by atoms with Gasteiger partial charge in [-0.3, -0.25) is 9.59 Å². The third-order valence-corrected chi connectivity index (χ3v) is 5.78. The van der Waals surface area contributed by atoms with Gasteiger partial charge in [-0.2, -0.15) is 5.10 Å². The van der Waals surface area contributed by atoms with Crippen molar-refractivity contribution in [3.8, 4) is 11.4 Å². The van der Waals surface area contributed by atoms with Crippen LogP contribution in [-0.2, 0) is 11.3 Å². The van der Waals surface area contributed by atoms with Gasteiger partial charge in [-0.1, -0.05) is 44.2 Å². The number of benzene rings is 2. The van der Waals surface area contributed by atoms with Crippen molar-refractivity contribution in [3.63, 3.8) is 0 Å². The van der Waals surface area contributed by atoms with Crippen molar-refractivity contribution in [1.29, 1.82) is 0 Å². The number of nitrogens with one attached hydrogen (secondary N) is 1. The maximum atomic E-state index is 13.4. The van der Waals surface area contributed by atoms with Crippen LogP contribution in [0.4, 0.5) is 0 Å². The number of methoxy groups -OCH3 is 1. The summed E-state index contributed by atoms with van der Waals surface area (Å²) in [5.41, 5.74) is 4.22. The van der Waals surface area contributed by atoms with Gasteiger partial charge in [0.25, 0.3) is 5.91 Å². The summed E-state index contributed by atoms with van der Waals surface area (Å²) in [6.07, 6.45) is 0. The lowest BCUT2D eigenvalue weighted by molar-refractivity contribution is -0.133. The predicted molar refractivity (Wildman–Crippen MR) is 129 cm³/mol. The van der Waals surface area contributed by atoms with Crippen molar-refractivity contribution in [2.24, 2.45) is 5.92 Å². The molecule has 0 aliphatic heterocycles. The maximum absolute atomic E-state index is 13.4. The zero-order chi connectivity index (χ0) is 24.1. The average molecular weight is 449 g/mol. The third-order valence-electron chi connectivity index (χ3n) is 5.78. The number of nitrogens with zero attached hydrogens (tertiary/aromatic N) is 3. The van der Waals surface area contributed by atoms with Crippen molar-refractivity contribution in [2.45, 2.75) is 40.3 Å². The van der Waals surface area contributed by atoms with E-state index in [1.54, 1.807) is 36.2 Å². The van der Waals surface area contributed by atoms with Gasteiger partial charge in [0.05, 0.1) is 24.1 Å². The van der Waals surface area contributed by atoms with E-state index in [0.29, 0.717) is 17.9 Å². The number of carbonyl (C=O) groups is 2. The predicted octanol–water partition coefficient (Wildman–Crippen LogP) is 3.91. The Labute approximate surface area is 195 Å². The first kappa shape index (κ1) is 24.0. The quantitative estimate of drug-likeness (QED) is 0.567. The van der Waals surface area contributed by atoms with E-state index in [1.807, 2.05) is 62.7 Å². The summed E-state index contributed by atoms with van der Waals surface area (Å²) < 4.78 is 7.19. The molecule has 7 heteroatoms. The number of para-hydroxylation sites is 2. The lowest BCUT2D eigenvalue weighted by atomic mass is 10.0. The molecule has 33 heavy (non-hydrogen) atoms. The molecular formula is C26H32N4O3. The molecule has 0 unspecified atom stereocenters. The molecular weight excluding hydrogens is 416 g/mol. The summed E-state index contributed by atoms with van der Waals surface area (Å²) in [6, 6.07) is 16.2. The fourth-order valence-corrected chi connectivity index (χ4v) is 3.84. The second-order valence-corrected chi connectivity index (χ2v) is 8.49. The van der Waals surface area contributed by atoms with Gasteiger partial charge in [-0.15, -0.1) is 0 Å². The molecule has 3 aromatic rings. The minimum Gasteiger partial charge on any atom is -0.496 e. The van der Waals surface area contributed by atoms with Gasteiger partial charge < -0.3 is 15.0 Å². The minimum absolute atomic E-state index is 0.0900. The first-order valence-corrected chi connectivity index (χ1v) is 11.0. The van der Waals surface area contributed by atoms with Crippen LogP contribution in [0.25, 0.3) is 5.69 Å². The second-order valence-electron chi connectivity index (χ2n) is 8.49. The molecule has 0 fully saturated rings. The number of rotatable bonds is 8. The van der Waals surface area contributed by atoms with Crippen LogP contribution in [0.15, 0.2) is 54.6 Å². The van der Waals surface area contributed by atoms with Crippen molar-refractivity contribution < 1.29 is 14.3 Å². The number of ether oxygens (including phenoxy) is 1. The Balaban J connectivity index is 1.79. The summed E-state index contributed by atoms with van der Waals surface area (Å²) in [5.74, 6) is -0.109. The molecule has 3 rings (SSSR count). The standard InChI is InChI=1S/C26H32N4O3/c1-17(2)24(27-25(31)21-14-10-11-15-23(21)33-6)26(32)29(5)16-22-18(3)28-30(19(22)4)20-12-8-7-9-13-20/h7-15,17,24H,16H2,1-6H3,(H,27,31)/t24-/m0/s1. The molecule has 0 bridgehead atoms. The van der Waals surface area contributed by atoms with Crippen LogP contribution in [0.5, 0.6) is 5.75 Å². The Morgan fingerprint density at radius 2 is 1.70 bits per heavy atom. The Bertz CT molecular complexity index is 1120. The maximum Gasteiger partial charge on any atom is 0.255 e. The number of hydrogen-bond donors (Lipinski definition) is 1. The SMILES string of the molecule is COc1ccccc1C(=O)N[C@H](C(=O)N(C)Cc1c(C)nn(-c2ccccc2)c1C)C(C)C. The second kappa shape index (κ2) is 10.3. The van der Waals surface area contributed by atoms with Gasteiger partial charge >= 0.3 is 0 Å². The van der Waals surface area contributed by atoms with Crippen LogP contribution < -0.4 is 10.1 Å². The average Bonchev–Trinajstić information content (AvgIpc) is 3.10. The molecule has 174 valence electrons. The lowest BCUT2D eigenvalue weighted by Gasteiger charge is -2.27. The van der Waals surface area contributed by atoms with Crippen LogP contribution in [0.2, 0.25) is 0 Å². The molecule has 2 aromatic carbocycles. The third kappa shape index (κ3) is 5.25. The molecule has 0 aliphatic rings. The van der Waals surface area contributed by atoms with E-state index < -0.39 is 6.04 Å². The van der Waals surface area contributed by atoms with Crippen molar-refractivity contribution >= 4 is 11.8 Å². The van der Waals surface area contributed by atoms with Crippen molar-refractivity contribution in [2.75, 3.05) is 14.2 Å². The van der Waals surface area contributed by atoms with Crippen LogP contribution in [-0.4, -0.2) is 46.7 Å². The molecule has 0 saturated heterocycles. The fourth-order valence-electron chi connectivity index (χ4n) is 3.84. The molecule has 1 aromatic heterocycles. The van der Waals surface area contributed by atoms with Gasteiger partial charge in [-0.25, -0.2) is 4.68 Å². The van der Waals surface area contributed by atoms with E-state index in [0.717, 1.165) is 22.6 Å². The van der Waals surface area contributed by atoms with Crippen LogP contribution in [0, 0.1) is 19.8 Å². The van der Waals surface area contributed by atoms with Gasteiger partial charge in [0.15, 0.2) is 0 Å². The van der Waals surface area contributed by atoms with Crippen molar-refractivity contribution in [3.05, 3.63) is 77.1 Å². The number of aryl methyl sites for hydroxylation is 1. The van der Waals surface area contributed by atoms with Gasteiger partial charge in [0.2, 0.25) is 5.91 Å². The molecule has 1 atom stereocenters. The van der Waals surface area contributed by atoms with E-state index in [2.05, 4.69) is 10.4 Å². The van der Waals surface area contributed by atoms with E-state index in [4.69, 9.17) is 4.74 Å². The Kier molecular flexibility index (Phi) is 7.53. The van der Waals surface area contributed by atoms with Crippen LogP contribution in [0.3, 0.4) is 0 Å². The summed E-state index contributed by atoms with van der Waals surface area (Å²) in [6.45, 7) is 8.19. The number of carbonyl (C=O) groups excluding carboxylic acids is 2. The van der Waals surface area contributed by atoms with Crippen LogP contribution >= 0.6 is 0 Å². The van der Waals surface area contributed by atoms with Gasteiger partial charge in [-0.05, 0) is 44.0 Å². The molecule has 2 amide bonds. The van der Waals surface area contributed by atoms with Gasteiger partial charge in [0.1, 0.15) is 11.8 Å². The molecule has 0 spiro atoms. The number of hydrogen-bond acceptors (Lipinski definition) is 4. The summed E-state index contributed by atoms with van der Waals surface area (Å²) in [7, 11) is 3.27. The van der Waals surface area contributed by atoms with Crippen LogP contribution in [0.1, 0.15) is 41.2 Å². The number of aromatic nitrogens is 2. The van der Waals surface area contributed by atoms with Crippen molar-refractivity contribution in [1.82, 2.24) is 20.0 Å². The normalized spacial score (nSPS) is 11.8. The highest BCUT2D eigenvalue weighted by Gasteiger charge is 2.29. The molecule has 1 heterocycles. The zero-order valence-corrected chi connectivity index (χ0v) is 20.1. The Morgan fingerprint density at radius 1 is 1.06 bits per heavy atom. The Hall–Kier alpha value is -3.61. The zero-order valence-electron chi connectivity index (χ0n) is 20.1. The summed E-state index contributed by atoms with van der Waals surface area (Å²) >= 11 is 0. The number of amides is 2. The highest BCUT2D eigenvalue weighted by Crippen LogP contribution is 2.21. The smallest absolute Gasteiger partial charge is 0.255 e. The van der Waals surface area contributed by atoms with E-state index in [9.17, 15) is 9.59 Å². The Morgan fingerprint density at radius 3 is 2.33 bits per heavy atom. The van der Waals surface area contributed by atoms with E-state index in [1.165, 1.54) is 7.11 Å². The summed E-state index contributed by atoms with van der Waals surface area (Å²) in [5, 5.41) is 7.58. The lowest BCUT2D eigenvalue weighted by Crippen LogP contribution is -2.50. The molecule has 0 saturated carbocycles. The van der Waals surface area contributed by atoms with E-state index in [-0.39, 0.29) is 17.7 Å². The largest absolute Gasteiger partial charge is 0.496 e. The monoisotopic (exact) mass is 448 g/mol. The summed E-state index contributed by atoms with van der Waals surface area (Å²) in [4.78, 5) is 27.9. The fraction of sp³-hybridized carbons (Fsp3) is 0.346. The molecule has 0 radical (unpaired) electrons. The molecule has 1 N–H and O–H groups in total.